The van der Waals surface area contributed by atoms with Crippen LogP contribution in [0, 0.1) is 5.82 Å². The van der Waals surface area contributed by atoms with Gasteiger partial charge in [-0.25, -0.2) is 4.39 Å². The van der Waals surface area contributed by atoms with Crippen molar-refractivity contribution in [2.75, 3.05) is 18.2 Å². The van der Waals surface area contributed by atoms with Gasteiger partial charge < -0.3 is 15.8 Å². The van der Waals surface area contributed by atoms with Crippen LogP contribution < -0.4 is 11.1 Å². The van der Waals surface area contributed by atoms with Gasteiger partial charge in [-0.15, -0.1) is 0 Å². The summed E-state index contributed by atoms with van der Waals surface area (Å²) in [6, 6.07) is 3.79. The van der Waals surface area contributed by atoms with E-state index in [1.165, 1.54) is 25.3 Å². The lowest BCUT2D eigenvalue weighted by Gasteiger charge is -2.22. The molecule has 4 nitrogen and oxygen atoms in total. The predicted molar refractivity (Wildman–Crippen MR) is 60.5 cm³/mol. The van der Waals surface area contributed by atoms with Gasteiger partial charge in [-0.3, -0.25) is 4.79 Å². The van der Waals surface area contributed by atoms with Crippen molar-refractivity contribution in [2.24, 2.45) is 0 Å². The number of amides is 1. The van der Waals surface area contributed by atoms with Crippen LogP contribution >= 0.6 is 0 Å². The van der Waals surface area contributed by atoms with E-state index in [4.69, 9.17) is 10.5 Å². The van der Waals surface area contributed by atoms with Gasteiger partial charge in [0, 0.05) is 7.11 Å². The Morgan fingerprint density at radius 1 is 1.50 bits per heavy atom. The van der Waals surface area contributed by atoms with Crippen molar-refractivity contribution in [1.82, 2.24) is 0 Å². The number of nitrogens with two attached hydrogens (primary N) is 1. The Bertz CT molecular complexity index is 405. The van der Waals surface area contributed by atoms with Crippen molar-refractivity contribution in [2.45, 2.75) is 19.4 Å². The van der Waals surface area contributed by atoms with Crippen LogP contribution in [0.2, 0.25) is 0 Å². The highest BCUT2D eigenvalue weighted by molar-refractivity contribution is 5.98. The average Bonchev–Trinajstić information content (AvgIpc) is 2.23. The SMILES string of the molecule is COC(C)(C)C(=O)Nc1cc(F)ccc1N. The van der Waals surface area contributed by atoms with Crippen molar-refractivity contribution in [3.63, 3.8) is 0 Å². The summed E-state index contributed by atoms with van der Waals surface area (Å²) >= 11 is 0. The van der Waals surface area contributed by atoms with E-state index in [9.17, 15) is 9.18 Å². The molecule has 0 aliphatic heterocycles. The topological polar surface area (TPSA) is 64.3 Å². The molecule has 0 heterocycles. The van der Waals surface area contributed by atoms with E-state index < -0.39 is 11.4 Å². The Kier molecular flexibility index (Phi) is 3.49. The fraction of sp³-hybridized carbons (Fsp3) is 0.364. The minimum absolute atomic E-state index is 0.245. The molecule has 0 radical (unpaired) electrons. The van der Waals surface area contributed by atoms with Gasteiger partial charge in [-0.2, -0.15) is 0 Å². The summed E-state index contributed by atoms with van der Waals surface area (Å²) in [5.41, 5.74) is 5.17. The Hall–Kier alpha value is -1.62. The maximum Gasteiger partial charge on any atom is 0.256 e. The van der Waals surface area contributed by atoms with E-state index in [1.54, 1.807) is 13.8 Å². The summed E-state index contributed by atoms with van der Waals surface area (Å²) < 4.78 is 17.9. The first-order valence-electron chi connectivity index (χ1n) is 4.78. The van der Waals surface area contributed by atoms with E-state index in [2.05, 4.69) is 5.32 Å². The molecule has 1 aromatic carbocycles. The molecule has 0 unspecified atom stereocenters. The van der Waals surface area contributed by atoms with Gasteiger partial charge in [0.15, 0.2) is 0 Å². The number of ether oxygens (including phenoxy) is 1. The number of hydrogen-bond acceptors (Lipinski definition) is 3. The monoisotopic (exact) mass is 226 g/mol. The Labute approximate surface area is 93.6 Å². The maximum absolute atomic E-state index is 12.9. The number of anilines is 2. The highest BCUT2D eigenvalue weighted by atomic mass is 19.1. The molecule has 88 valence electrons. The van der Waals surface area contributed by atoms with Gasteiger partial charge in [0.25, 0.3) is 5.91 Å². The Morgan fingerprint density at radius 3 is 2.69 bits per heavy atom. The van der Waals surface area contributed by atoms with Crippen molar-refractivity contribution < 1.29 is 13.9 Å². The number of hydrogen-bond donors (Lipinski definition) is 2. The molecule has 0 bridgehead atoms. The molecule has 0 saturated heterocycles. The van der Waals surface area contributed by atoms with E-state index in [0.717, 1.165) is 0 Å². The summed E-state index contributed by atoms with van der Waals surface area (Å²) in [7, 11) is 1.43. The Balaban J connectivity index is 2.89. The second-order valence-electron chi connectivity index (χ2n) is 3.90. The van der Waals surface area contributed by atoms with E-state index in [-0.39, 0.29) is 11.6 Å². The number of carbonyl (C=O) groups excluding carboxylic acids is 1. The zero-order chi connectivity index (χ0) is 12.3. The molecule has 0 saturated carbocycles. The van der Waals surface area contributed by atoms with Gasteiger partial charge in [0.05, 0.1) is 11.4 Å². The molecule has 0 aliphatic rings. The second kappa shape index (κ2) is 4.49. The van der Waals surface area contributed by atoms with E-state index in [0.29, 0.717) is 5.69 Å². The van der Waals surface area contributed by atoms with Crippen molar-refractivity contribution in [3.8, 4) is 0 Å². The van der Waals surface area contributed by atoms with Gasteiger partial charge in [-0.1, -0.05) is 0 Å². The summed E-state index contributed by atoms with van der Waals surface area (Å²) in [6.45, 7) is 3.22. The minimum Gasteiger partial charge on any atom is -0.397 e. The van der Waals surface area contributed by atoms with Crippen LogP contribution in [0.15, 0.2) is 18.2 Å². The van der Waals surface area contributed by atoms with E-state index in [1.807, 2.05) is 0 Å². The maximum atomic E-state index is 12.9. The molecule has 0 aromatic heterocycles. The van der Waals surface area contributed by atoms with E-state index >= 15 is 0 Å². The zero-order valence-electron chi connectivity index (χ0n) is 9.50. The van der Waals surface area contributed by atoms with Crippen molar-refractivity contribution in [3.05, 3.63) is 24.0 Å². The fourth-order valence-corrected chi connectivity index (χ4v) is 1.00. The fourth-order valence-electron chi connectivity index (χ4n) is 1.00. The molecule has 5 heteroatoms. The molecule has 0 spiro atoms. The van der Waals surface area contributed by atoms with Gasteiger partial charge in [0.2, 0.25) is 0 Å². The van der Waals surface area contributed by atoms with Crippen molar-refractivity contribution in [1.29, 1.82) is 0 Å². The largest absolute Gasteiger partial charge is 0.397 e. The predicted octanol–water partition coefficient (Wildman–Crippen LogP) is 1.77. The molecule has 1 aromatic rings. The molecule has 0 atom stereocenters. The third kappa shape index (κ3) is 2.70. The molecular formula is C11H15FN2O2. The summed E-state index contributed by atoms with van der Waals surface area (Å²) in [4.78, 5) is 11.7. The van der Waals surface area contributed by atoms with Gasteiger partial charge >= 0.3 is 0 Å². The van der Waals surface area contributed by atoms with Gasteiger partial charge in [-0.05, 0) is 32.0 Å². The number of nitrogen functional groups attached to an aromatic ring is 1. The number of nitrogens with one attached hydrogen (secondary N) is 1. The molecule has 16 heavy (non-hydrogen) atoms. The van der Waals surface area contributed by atoms with Crippen LogP contribution in [-0.2, 0) is 9.53 Å². The highest BCUT2D eigenvalue weighted by Crippen LogP contribution is 2.21. The lowest BCUT2D eigenvalue weighted by atomic mass is 10.1. The highest BCUT2D eigenvalue weighted by Gasteiger charge is 2.27. The molecule has 1 rings (SSSR count). The number of rotatable bonds is 3. The third-order valence-corrected chi connectivity index (χ3v) is 2.32. The number of benzene rings is 1. The number of carbonyl (C=O) groups is 1. The first-order valence-corrected chi connectivity index (χ1v) is 4.78. The summed E-state index contributed by atoms with van der Waals surface area (Å²) in [5.74, 6) is -0.841. The molecule has 3 N–H and O–H groups in total. The van der Waals surface area contributed by atoms with Crippen LogP contribution in [0.4, 0.5) is 15.8 Å². The molecule has 1 amide bonds. The summed E-state index contributed by atoms with van der Waals surface area (Å²) in [6.07, 6.45) is 0. The summed E-state index contributed by atoms with van der Waals surface area (Å²) in [5, 5.41) is 2.51. The normalized spacial score (nSPS) is 11.2. The van der Waals surface area contributed by atoms with Crippen LogP contribution in [0.3, 0.4) is 0 Å². The number of halogens is 1. The smallest absolute Gasteiger partial charge is 0.256 e. The molecule has 0 fully saturated rings. The third-order valence-electron chi connectivity index (χ3n) is 2.32. The quantitative estimate of drug-likeness (QED) is 0.772. The molecular weight excluding hydrogens is 211 g/mol. The first kappa shape index (κ1) is 12.4. The zero-order valence-corrected chi connectivity index (χ0v) is 9.50. The van der Waals surface area contributed by atoms with Crippen LogP contribution in [0.25, 0.3) is 0 Å². The Morgan fingerprint density at radius 2 is 2.12 bits per heavy atom. The molecule has 0 aliphatic carbocycles. The van der Waals surface area contributed by atoms with Crippen LogP contribution in [0.5, 0.6) is 0 Å². The number of methoxy groups -OCH3 is 1. The minimum atomic E-state index is -0.987. The standard InChI is InChI=1S/C11H15FN2O2/c1-11(2,16-3)10(15)14-9-6-7(12)4-5-8(9)13/h4-6H,13H2,1-3H3,(H,14,15). The lowest BCUT2D eigenvalue weighted by Crippen LogP contribution is -2.39. The lowest BCUT2D eigenvalue weighted by molar-refractivity contribution is -0.133. The first-order chi connectivity index (χ1) is 7.36. The van der Waals surface area contributed by atoms with Crippen molar-refractivity contribution >= 4 is 17.3 Å². The average molecular weight is 226 g/mol. The van der Waals surface area contributed by atoms with Gasteiger partial charge in [0.1, 0.15) is 11.4 Å². The second-order valence-corrected chi connectivity index (χ2v) is 3.90. The van der Waals surface area contributed by atoms with Crippen LogP contribution in [-0.4, -0.2) is 18.6 Å². The van der Waals surface area contributed by atoms with Crippen LogP contribution in [0.1, 0.15) is 13.8 Å².